The van der Waals surface area contributed by atoms with E-state index in [-0.39, 0.29) is 17.2 Å². The average Bonchev–Trinajstić information content (AvgIpc) is 2.93. The van der Waals surface area contributed by atoms with Crippen LogP contribution in [-0.4, -0.2) is 5.11 Å². The molecule has 0 aliphatic carbocycles. The van der Waals surface area contributed by atoms with Gasteiger partial charge < -0.3 is 16.0 Å². The first-order valence-corrected chi connectivity index (χ1v) is 12.7. The van der Waals surface area contributed by atoms with E-state index in [1.807, 2.05) is 91.0 Å². The zero-order chi connectivity index (χ0) is 28.8. The number of alkyl halides is 6. The minimum Gasteiger partial charge on any atom is -0.354 e. The topological polar surface area (TPSA) is 36.1 Å². The zero-order valence-electron chi connectivity index (χ0n) is 20.9. The van der Waals surface area contributed by atoms with Gasteiger partial charge in [-0.2, -0.15) is 26.3 Å². The Hall–Kier alpha value is -3.89. The second kappa shape index (κ2) is 12.5. The molecule has 0 saturated heterocycles. The van der Waals surface area contributed by atoms with Crippen LogP contribution < -0.4 is 16.0 Å². The van der Waals surface area contributed by atoms with Crippen LogP contribution >= 0.6 is 12.2 Å². The molecule has 0 radical (unpaired) electrons. The Morgan fingerprint density at radius 2 is 1.07 bits per heavy atom. The van der Waals surface area contributed by atoms with Crippen molar-refractivity contribution in [3.63, 3.8) is 0 Å². The van der Waals surface area contributed by atoms with Crippen LogP contribution in [0.5, 0.6) is 0 Å². The highest BCUT2D eigenvalue weighted by molar-refractivity contribution is 7.80. The van der Waals surface area contributed by atoms with E-state index in [2.05, 4.69) is 16.0 Å². The maximum atomic E-state index is 13.4. The van der Waals surface area contributed by atoms with Crippen molar-refractivity contribution in [2.75, 3.05) is 5.32 Å². The van der Waals surface area contributed by atoms with Gasteiger partial charge in [0.1, 0.15) is 0 Å². The molecule has 3 nitrogen and oxygen atoms in total. The third-order valence-corrected chi connectivity index (χ3v) is 6.37. The van der Waals surface area contributed by atoms with E-state index < -0.39 is 35.2 Å². The summed E-state index contributed by atoms with van der Waals surface area (Å²) < 4.78 is 80.2. The minimum atomic E-state index is -4.97. The fraction of sp³-hybridized carbons (Fsp3) is 0.167. The van der Waals surface area contributed by atoms with Crippen molar-refractivity contribution in [2.24, 2.45) is 0 Å². The maximum Gasteiger partial charge on any atom is 0.416 e. The summed E-state index contributed by atoms with van der Waals surface area (Å²) in [5, 5.41) is 9.06. The van der Waals surface area contributed by atoms with Crippen LogP contribution in [0.25, 0.3) is 0 Å². The molecule has 0 spiro atoms. The van der Waals surface area contributed by atoms with Gasteiger partial charge in [0.25, 0.3) is 0 Å². The highest BCUT2D eigenvalue weighted by Crippen LogP contribution is 2.38. The van der Waals surface area contributed by atoms with Gasteiger partial charge in [0, 0.05) is 12.2 Å². The van der Waals surface area contributed by atoms with Gasteiger partial charge in [0.05, 0.1) is 23.2 Å². The van der Waals surface area contributed by atoms with Gasteiger partial charge in [-0.3, -0.25) is 0 Å². The lowest BCUT2D eigenvalue weighted by molar-refractivity contribution is -0.143. The first-order valence-electron chi connectivity index (χ1n) is 12.2. The Morgan fingerprint density at radius 1 is 0.625 bits per heavy atom. The first-order chi connectivity index (χ1) is 19.0. The number of anilines is 1. The lowest BCUT2D eigenvalue weighted by Gasteiger charge is -2.31. The third-order valence-electron chi connectivity index (χ3n) is 6.15. The summed E-state index contributed by atoms with van der Waals surface area (Å²) in [6.07, 6.45) is -9.95. The van der Waals surface area contributed by atoms with Gasteiger partial charge in [-0.15, -0.1) is 0 Å². The molecule has 0 unspecified atom stereocenters. The summed E-state index contributed by atoms with van der Waals surface area (Å²) in [4.78, 5) is 0. The molecule has 0 heterocycles. The Kier molecular flexibility index (Phi) is 9.11. The molecule has 208 valence electrons. The molecule has 3 N–H and O–H groups in total. The van der Waals surface area contributed by atoms with E-state index in [0.717, 1.165) is 16.7 Å². The summed E-state index contributed by atoms with van der Waals surface area (Å²) in [7, 11) is 0. The molecule has 0 aliphatic rings. The Labute approximate surface area is 233 Å². The number of thiocarbonyl (C=S) groups is 1. The summed E-state index contributed by atoms with van der Waals surface area (Å²) in [6, 6.07) is 28.8. The number of benzene rings is 4. The fourth-order valence-corrected chi connectivity index (χ4v) is 4.51. The summed E-state index contributed by atoms with van der Waals surface area (Å²) in [5.41, 5.74) is -0.556. The molecule has 0 aromatic heterocycles. The molecule has 40 heavy (non-hydrogen) atoms. The molecule has 10 heteroatoms. The van der Waals surface area contributed by atoms with Gasteiger partial charge in [0.15, 0.2) is 5.11 Å². The number of halogens is 6. The molecule has 0 bridgehead atoms. The number of nitrogens with one attached hydrogen (secondary N) is 3. The SMILES string of the molecule is FC(F)(F)c1cc(NC(=S)N[C@@H](c2ccccc2)[C@@H](NCc2ccccc2)c2ccccc2)cc(C(F)(F)F)c1. The normalized spacial score (nSPS) is 13.3. The largest absolute Gasteiger partial charge is 0.416 e. The van der Waals surface area contributed by atoms with Crippen molar-refractivity contribution in [1.82, 2.24) is 10.6 Å². The standard InChI is InChI=1S/C30H25F6N3S/c31-29(32,33)23-16-24(30(34,35)36)18-25(17-23)38-28(40)39-27(22-14-8-3-9-15-22)26(21-12-6-2-7-13-21)37-19-20-10-4-1-5-11-20/h1-18,26-27,37H,19H2,(H2,38,39,40)/t26-,27-/m0/s1. The maximum absolute atomic E-state index is 13.4. The second-order valence-electron chi connectivity index (χ2n) is 9.04. The van der Waals surface area contributed by atoms with Gasteiger partial charge in [-0.25, -0.2) is 0 Å². The van der Waals surface area contributed by atoms with Crippen molar-refractivity contribution in [3.8, 4) is 0 Å². The van der Waals surface area contributed by atoms with Crippen LogP contribution in [-0.2, 0) is 18.9 Å². The van der Waals surface area contributed by atoms with E-state index in [0.29, 0.717) is 18.7 Å². The Morgan fingerprint density at radius 3 is 1.55 bits per heavy atom. The summed E-state index contributed by atoms with van der Waals surface area (Å²) in [6.45, 7) is 0.494. The zero-order valence-corrected chi connectivity index (χ0v) is 21.7. The molecule has 4 aromatic carbocycles. The lowest BCUT2D eigenvalue weighted by atomic mass is 9.93. The highest BCUT2D eigenvalue weighted by atomic mass is 32.1. The van der Waals surface area contributed by atoms with E-state index >= 15 is 0 Å². The number of hydrogen-bond acceptors (Lipinski definition) is 2. The van der Waals surface area contributed by atoms with Crippen LogP contribution in [0.4, 0.5) is 32.0 Å². The van der Waals surface area contributed by atoms with Gasteiger partial charge in [0.2, 0.25) is 0 Å². The van der Waals surface area contributed by atoms with Crippen molar-refractivity contribution in [2.45, 2.75) is 31.0 Å². The molecular weight excluding hydrogens is 548 g/mol. The van der Waals surface area contributed by atoms with Gasteiger partial charge in [-0.05, 0) is 47.1 Å². The summed E-state index contributed by atoms with van der Waals surface area (Å²) >= 11 is 5.42. The molecule has 0 fully saturated rings. The van der Waals surface area contributed by atoms with Crippen molar-refractivity contribution < 1.29 is 26.3 Å². The van der Waals surface area contributed by atoms with E-state index in [9.17, 15) is 26.3 Å². The van der Waals surface area contributed by atoms with Crippen LogP contribution in [0, 0.1) is 0 Å². The Balaban J connectivity index is 1.66. The van der Waals surface area contributed by atoms with Crippen molar-refractivity contribution in [3.05, 3.63) is 137 Å². The Bertz CT molecular complexity index is 1360. The van der Waals surface area contributed by atoms with Crippen LogP contribution in [0.2, 0.25) is 0 Å². The average molecular weight is 574 g/mol. The third kappa shape index (κ3) is 7.83. The number of rotatable bonds is 8. The smallest absolute Gasteiger partial charge is 0.354 e. The van der Waals surface area contributed by atoms with Crippen LogP contribution in [0.15, 0.2) is 109 Å². The predicted molar refractivity (Wildman–Crippen MR) is 147 cm³/mol. The quantitative estimate of drug-likeness (QED) is 0.146. The number of hydrogen-bond donors (Lipinski definition) is 3. The molecular formula is C30H25F6N3S. The minimum absolute atomic E-state index is 0.0768. The van der Waals surface area contributed by atoms with E-state index in [1.165, 1.54) is 0 Å². The second-order valence-corrected chi connectivity index (χ2v) is 9.44. The van der Waals surface area contributed by atoms with Gasteiger partial charge in [-0.1, -0.05) is 91.0 Å². The predicted octanol–water partition coefficient (Wildman–Crippen LogP) is 8.28. The fourth-order valence-electron chi connectivity index (χ4n) is 4.27. The molecule has 2 atom stereocenters. The van der Waals surface area contributed by atoms with E-state index in [1.54, 1.807) is 0 Å². The van der Waals surface area contributed by atoms with Gasteiger partial charge >= 0.3 is 12.4 Å². The first kappa shape index (κ1) is 29.1. The summed E-state index contributed by atoms with van der Waals surface area (Å²) in [5.74, 6) is 0. The molecule has 0 saturated carbocycles. The van der Waals surface area contributed by atoms with Crippen LogP contribution in [0.3, 0.4) is 0 Å². The van der Waals surface area contributed by atoms with E-state index in [4.69, 9.17) is 12.2 Å². The highest BCUT2D eigenvalue weighted by Gasteiger charge is 2.37. The molecule has 0 aliphatic heterocycles. The van der Waals surface area contributed by atoms with Crippen LogP contribution in [0.1, 0.15) is 39.9 Å². The van der Waals surface area contributed by atoms with Crippen molar-refractivity contribution >= 4 is 23.0 Å². The monoisotopic (exact) mass is 573 g/mol. The molecule has 0 amide bonds. The molecule has 4 aromatic rings. The van der Waals surface area contributed by atoms with Crippen molar-refractivity contribution in [1.29, 1.82) is 0 Å². The molecule has 4 rings (SSSR count). The lowest BCUT2D eigenvalue weighted by Crippen LogP contribution is -2.40.